The van der Waals surface area contributed by atoms with Crippen LogP contribution in [0.4, 0.5) is 0 Å². The Kier molecular flexibility index (Phi) is 5.83. The van der Waals surface area contributed by atoms with Crippen LogP contribution in [0.1, 0.15) is 19.8 Å². The SMILES string of the molecule is CCOC(=O)C(CSc1ccc(Cl)c(Cl)c1)(NC)C1CC1. The fourth-order valence-electron chi connectivity index (χ4n) is 2.32. The summed E-state index contributed by atoms with van der Waals surface area (Å²) in [6.07, 6.45) is 2.11. The summed E-state index contributed by atoms with van der Waals surface area (Å²) in [6, 6.07) is 5.51. The summed E-state index contributed by atoms with van der Waals surface area (Å²) >= 11 is 13.5. The van der Waals surface area contributed by atoms with Crippen LogP contribution >= 0.6 is 35.0 Å². The summed E-state index contributed by atoms with van der Waals surface area (Å²) in [5, 5.41) is 4.27. The summed E-state index contributed by atoms with van der Waals surface area (Å²) < 4.78 is 5.27. The lowest BCUT2D eigenvalue weighted by Crippen LogP contribution is -2.55. The Morgan fingerprint density at radius 2 is 2.14 bits per heavy atom. The fraction of sp³-hybridized carbons (Fsp3) is 0.533. The number of hydrogen-bond donors (Lipinski definition) is 1. The van der Waals surface area contributed by atoms with Crippen molar-refractivity contribution in [3.63, 3.8) is 0 Å². The van der Waals surface area contributed by atoms with Gasteiger partial charge in [0.15, 0.2) is 0 Å². The van der Waals surface area contributed by atoms with Gasteiger partial charge in [-0.2, -0.15) is 0 Å². The highest BCUT2D eigenvalue weighted by molar-refractivity contribution is 7.99. The van der Waals surface area contributed by atoms with Gasteiger partial charge in [0.05, 0.1) is 16.7 Å². The zero-order chi connectivity index (χ0) is 15.5. The first kappa shape index (κ1) is 16.9. The normalized spacial score (nSPS) is 17.3. The van der Waals surface area contributed by atoms with Crippen LogP contribution in [0.15, 0.2) is 23.1 Å². The van der Waals surface area contributed by atoms with Crippen molar-refractivity contribution in [1.82, 2.24) is 5.32 Å². The van der Waals surface area contributed by atoms with E-state index in [1.54, 1.807) is 17.8 Å². The molecule has 0 bridgehead atoms. The van der Waals surface area contributed by atoms with Crippen molar-refractivity contribution in [2.45, 2.75) is 30.2 Å². The van der Waals surface area contributed by atoms with Crippen molar-refractivity contribution in [2.24, 2.45) is 5.92 Å². The second-order valence-electron chi connectivity index (χ2n) is 5.08. The summed E-state index contributed by atoms with van der Waals surface area (Å²) in [6.45, 7) is 2.23. The van der Waals surface area contributed by atoms with E-state index in [0.29, 0.717) is 28.3 Å². The van der Waals surface area contributed by atoms with Crippen molar-refractivity contribution in [1.29, 1.82) is 0 Å². The van der Waals surface area contributed by atoms with Crippen LogP contribution in [0.5, 0.6) is 0 Å². The second-order valence-corrected chi connectivity index (χ2v) is 6.94. The molecular weight excluding hydrogens is 329 g/mol. The predicted molar refractivity (Wildman–Crippen MR) is 88.3 cm³/mol. The molecule has 0 heterocycles. The molecule has 0 spiro atoms. The standard InChI is InChI=1S/C15H19Cl2NO2S/c1-3-20-14(19)15(18-2,10-4-5-10)9-21-11-6-7-12(16)13(17)8-11/h6-8,10,18H,3-5,9H2,1-2H3. The molecule has 1 atom stereocenters. The Balaban J connectivity index is 2.11. The van der Waals surface area contributed by atoms with E-state index in [-0.39, 0.29) is 5.97 Å². The quantitative estimate of drug-likeness (QED) is 0.597. The summed E-state index contributed by atoms with van der Waals surface area (Å²) in [5.74, 6) is 0.796. The molecule has 0 amide bonds. The van der Waals surface area contributed by atoms with Gasteiger partial charge in [0.1, 0.15) is 5.54 Å². The topological polar surface area (TPSA) is 38.3 Å². The monoisotopic (exact) mass is 347 g/mol. The predicted octanol–water partition coefficient (Wildman–Crippen LogP) is 4.02. The fourth-order valence-corrected chi connectivity index (χ4v) is 3.94. The molecule has 1 fully saturated rings. The highest BCUT2D eigenvalue weighted by atomic mass is 35.5. The van der Waals surface area contributed by atoms with Gasteiger partial charge in [-0.05, 0) is 50.9 Å². The lowest BCUT2D eigenvalue weighted by atomic mass is 9.96. The smallest absolute Gasteiger partial charge is 0.327 e. The number of halogens is 2. The van der Waals surface area contributed by atoms with Gasteiger partial charge >= 0.3 is 5.97 Å². The Bertz CT molecular complexity index is 522. The minimum Gasteiger partial charge on any atom is -0.465 e. The van der Waals surface area contributed by atoms with Crippen molar-refractivity contribution in [2.75, 3.05) is 19.4 Å². The molecule has 2 rings (SSSR count). The molecule has 21 heavy (non-hydrogen) atoms. The van der Waals surface area contributed by atoms with Gasteiger partial charge in [0, 0.05) is 10.6 Å². The molecule has 0 aliphatic heterocycles. The Labute approximate surface area is 139 Å². The third kappa shape index (κ3) is 3.86. The van der Waals surface area contributed by atoms with Crippen molar-refractivity contribution >= 4 is 40.9 Å². The van der Waals surface area contributed by atoms with E-state index in [1.165, 1.54) is 0 Å². The van der Waals surface area contributed by atoms with Crippen molar-refractivity contribution in [3.05, 3.63) is 28.2 Å². The van der Waals surface area contributed by atoms with Gasteiger partial charge in [-0.15, -0.1) is 11.8 Å². The van der Waals surface area contributed by atoms with Crippen LogP contribution in [0.25, 0.3) is 0 Å². The minimum absolute atomic E-state index is 0.164. The molecule has 0 aromatic heterocycles. The molecule has 1 saturated carbocycles. The molecule has 1 aromatic carbocycles. The van der Waals surface area contributed by atoms with E-state index in [9.17, 15) is 4.79 Å². The number of benzene rings is 1. The molecule has 1 aliphatic rings. The highest BCUT2D eigenvalue weighted by Gasteiger charge is 2.51. The first-order valence-corrected chi connectivity index (χ1v) is 8.71. The molecule has 0 radical (unpaired) electrons. The number of carbonyl (C=O) groups is 1. The maximum atomic E-state index is 12.4. The number of hydrogen-bond acceptors (Lipinski definition) is 4. The van der Waals surface area contributed by atoms with E-state index in [4.69, 9.17) is 27.9 Å². The van der Waals surface area contributed by atoms with Gasteiger partial charge in [-0.1, -0.05) is 23.2 Å². The average Bonchev–Trinajstić information content (AvgIpc) is 3.29. The molecule has 116 valence electrons. The van der Waals surface area contributed by atoms with Crippen LogP contribution in [0, 0.1) is 5.92 Å². The summed E-state index contributed by atoms with van der Waals surface area (Å²) in [5.41, 5.74) is -0.618. The Hall–Kier alpha value is -0.420. The number of esters is 1. The summed E-state index contributed by atoms with van der Waals surface area (Å²) in [4.78, 5) is 13.4. The van der Waals surface area contributed by atoms with Gasteiger partial charge < -0.3 is 10.1 Å². The van der Waals surface area contributed by atoms with E-state index in [1.807, 2.05) is 26.1 Å². The van der Waals surface area contributed by atoms with E-state index in [2.05, 4.69) is 5.32 Å². The van der Waals surface area contributed by atoms with Gasteiger partial charge in [0.2, 0.25) is 0 Å². The van der Waals surface area contributed by atoms with Crippen LogP contribution in [-0.4, -0.2) is 30.9 Å². The molecule has 0 saturated heterocycles. The lowest BCUT2D eigenvalue weighted by Gasteiger charge is -2.31. The van der Waals surface area contributed by atoms with Crippen LogP contribution < -0.4 is 5.32 Å². The lowest BCUT2D eigenvalue weighted by molar-refractivity contribution is -0.150. The third-order valence-corrected chi connectivity index (χ3v) is 5.64. The van der Waals surface area contributed by atoms with E-state index < -0.39 is 5.54 Å². The molecule has 1 N–H and O–H groups in total. The zero-order valence-electron chi connectivity index (χ0n) is 12.1. The molecule has 1 unspecified atom stereocenters. The van der Waals surface area contributed by atoms with Crippen molar-refractivity contribution < 1.29 is 9.53 Å². The third-order valence-electron chi connectivity index (χ3n) is 3.72. The number of rotatable bonds is 7. The van der Waals surface area contributed by atoms with E-state index >= 15 is 0 Å². The van der Waals surface area contributed by atoms with Crippen LogP contribution in [-0.2, 0) is 9.53 Å². The summed E-state index contributed by atoms with van der Waals surface area (Å²) in [7, 11) is 1.82. The highest BCUT2D eigenvalue weighted by Crippen LogP contribution is 2.43. The minimum atomic E-state index is -0.618. The number of ether oxygens (including phenoxy) is 1. The molecular formula is C15H19Cl2NO2S. The van der Waals surface area contributed by atoms with Gasteiger partial charge in [-0.3, -0.25) is 4.79 Å². The van der Waals surface area contributed by atoms with Gasteiger partial charge in [0.25, 0.3) is 0 Å². The van der Waals surface area contributed by atoms with Crippen molar-refractivity contribution in [3.8, 4) is 0 Å². The number of carbonyl (C=O) groups excluding carboxylic acids is 1. The maximum Gasteiger partial charge on any atom is 0.327 e. The Morgan fingerprint density at radius 1 is 1.43 bits per heavy atom. The van der Waals surface area contributed by atoms with Gasteiger partial charge in [-0.25, -0.2) is 0 Å². The maximum absolute atomic E-state index is 12.4. The molecule has 6 heteroatoms. The molecule has 3 nitrogen and oxygen atoms in total. The number of thioether (sulfide) groups is 1. The zero-order valence-corrected chi connectivity index (χ0v) is 14.4. The molecule has 1 aromatic rings. The first-order valence-electron chi connectivity index (χ1n) is 6.97. The first-order chi connectivity index (χ1) is 10.0. The largest absolute Gasteiger partial charge is 0.465 e. The Morgan fingerprint density at radius 3 is 2.67 bits per heavy atom. The second kappa shape index (κ2) is 7.23. The van der Waals surface area contributed by atoms with Crippen LogP contribution in [0.3, 0.4) is 0 Å². The van der Waals surface area contributed by atoms with Crippen LogP contribution in [0.2, 0.25) is 10.0 Å². The number of likely N-dealkylation sites (N-methyl/N-ethyl adjacent to an activating group) is 1. The number of nitrogens with one attached hydrogen (secondary N) is 1. The van der Waals surface area contributed by atoms with E-state index in [0.717, 1.165) is 17.7 Å². The molecule has 1 aliphatic carbocycles. The average molecular weight is 348 g/mol.